The van der Waals surface area contributed by atoms with Crippen LogP contribution in [0.3, 0.4) is 0 Å². The Kier molecular flexibility index (Phi) is 3.87. The van der Waals surface area contributed by atoms with Crippen molar-refractivity contribution in [2.75, 3.05) is 13.2 Å². The zero-order valence-corrected chi connectivity index (χ0v) is 8.54. The van der Waals surface area contributed by atoms with Crippen molar-refractivity contribution in [1.82, 2.24) is 0 Å². The third kappa shape index (κ3) is 2.43. The van der Waals surface area contributed by atoms with E-state index in [1.807, 2.05) is 32.0 Å². The monoisotopic (exact) mass is 190 g/mol. The summed E-state index contributed by atoms with van der Waals surface area (Å²) in [4.78, 5) is 0. The van der Waals surface area contributed by atoms with Gasteiger partial charge in [0.2, 0.25) is 0 Å². The van der Waals surface area contributed by atoms with E-state index in [1.165, 1.54) is 0 Å². The third-order valence-electron chi connectivity index (χ3n) is 1.72. The highest BCUT2D eigenvalue weighted by Gasteiger charge is 2.02. The fraction of sp³-hybridized carbons (Fsp3) is 0.333. The van der Waals surface area contributed by atoms with Crippen LogP contribution in [0, 0.1) is 12.3 Å². The Balaban J connectivity index is 2.96. The highest BCUT2D eigenvalue weighted by molar-refractivity contribution is 5.48. The average molecular weight is 190 g/mol. The summed E-state index contributed by atoms with van der Waals surface area (Å²) in [5.41, 5.74) is 0.760. The zero-order chi connectivity index (χ0) is 10.4. The lowest BCUT2D eigenvalue weighted by Crippen LogP contribution is -1.96. The van der Waals surface area contributed by atoms with E-state index in [1.54, 1.807) is 0 Å². The van der Waals surface area contributed by atoms with E-state index in [4.69, 9.17) is 15.9 Å². The van der Waals surface area contributed by atoms with Gasteiger partial charge in [-0.05, 0) is 26.0 Å². The van der Waals surface area contributed by atoms with Crippen molar-refractivity contribution in [3.63, 3.8) is 0 Å². The van der Waals surface area contributed by atoms with Gasteiger partial charge in [-0.25, -0.2) is 0 Å². The van der Waals surface area contributed by atoms with Crippen LogP contribution in [0.4, 0.5) is 0 Å². The first-order chi connectivity index (χ1) is 6.81. The lowest BCUT2D eigenvalue weighted by atomic mass is 10.2. The first kappa shape index (κ1) is 10.5. The third-order valence-corrected chi connectivity index (χ3v) is 1.72. The fourth-order valence-electron chi connectivity index (χ4n) is 1.15. The van der Waals surface area contributed by atoms with E-state index in [-0.39, 0.29) is 0 Å². The highest BCUT2D eigenvalue weighted by atomic mass is 16.5. The minimum absolute atomic E-state index is 0.601. The summed E-state index contributed by atoms with van der Waals surface area (Å²) in [5, 5.41) is 0. The van der Waals surface area contributed by atoms with Gasteiger partial charge in [0.05, 0.1) is 18.8 Å². The molecule has 0 saturated carbocycles. The lowest BCUT2D eigenvalue weighted by Gasteiger charge is -2.08. The molecule has 0 aliphatic carbocycles. The van der Waals surface area contributed by atoms with Crippen LogP contribution < -0.4 is 9.47 Å². The molecule has 1 aromatic carbocycles. The molecule has 0 aliphatic heterocycles. The van der Waals surface area contributed by atoms with E-state index in [2.05, 4.69) is 5.92 Å². The molecule has 2 heteroatoms. The Morgan fingerprint density at radius 1 is 1.21 bits per heavy atom. The SMILES string of the molecule is C#Cc1ccc(OCC)cc1OCC. The summed E-state index contributed by atoms with van der Waals surface area (Å²) in [6.07, 6.45) is 5.33. The fourth-order valence-corrected chi connectivity index (χ4v) is 1.15. The molecule has 0 radical (unpaired) electrons. The molecule has 0 unspecified atom stereocenters. The minimum Gasteiger partial charge on any atom is -0.494 e. The Morgan fingerprint density at radius 2 is 1.93 bits per heavy atom. The van der Waals surface area contributed by atoms with Gasteiger partial charge in [0, 0.05) is 6.07 Å². The summed E-state index contributed by atoms with van der Waals surface area (Å²) in [5.74, 6) is 4.07. The molecular formula is C12H14O2. The summed E-state index contributed by atoms with van der Waals surface area (Å²) in [7, 11) is 0. The van der Waals surface area contributed by atoms with Gasteiger partial charge in [-0.2, -0.15) is 0 Å². The molecule has 0 aromatic heterocycles. The van der Waals surface area contributed by atoms with Gasteiger partial charge in [0.15, 0.2) is 0 Å². The van der Waals surface area contributed by atoms with Crippen LogP contribution in [0.1, 0.15) is 19.4 Å². The number of hydrogen-bond acceptors (Lipinski definition) is 2. The Morgan fingerprint density at radius 3 is 2.50 bits per heavy atom. The van der Waals surface area contributed by atoms with Crippen LogP contribution in [0.25, 0.3) is 0 Å². The Bertz CT molecular complexity index is 337. The maximum atomic E-state index is 5.39. The topological polar surface area (TPSA) is 18.5 Å². The van der Waals surface area contributed by atoms with E-state index >= 15 is 0 Å². The zero-order valence-electron chi connectivity index (χ0n) is 8.54. The molecule has 0 N–H and O–H groups in total. The van der Waals surface area contributed by atoms with Crippen molar-refractivity contribution >= 4 is 0 Å². The quantitative estimate of drug-likeness (QED) is 0.679. The van der Waals surface area contributed by atoms with E-state index in [0.717, 1.165) is 11.3 Å². The lowest BCUT2D eigenvalue weighted by molar-refractivity contribution is 0.322. The second-order valence-corrected chi connectivity index (χ2v) is 2.67. The molecule has 0 heterocycles. The molecule has 0 aliphatic rings. The molecule has 0 atom stereocenters. The van der Waals surface area contributed by atoms with Crippen molar-refractivity contribution in [2.45, 2.75) is 13.8 Å². The van der Waals surface area contributed by atoms with Crippen molar-refractivity contribution in [2.24, 2.45) is 0 Å². The Hall–Kier alpha value is -1.62. The van der Waals surface area contributed by atoms with E-state index in [9.17, 15) is 0 Å². The first-order valence-electron chi connectivity index (χ1n) is 4.68. The number of terminal acetylenes is 1. The number of ether oxygens (including phenoxy) is 2. The number of hydrogen-bond donors (Lipinski definition) is 0. The van der Waals surface area contributed by atoms with Gasteiger partial charge < -0.3 is 9.47 Å². The standard InChI is InChI=1S/C12H14O2/c1-4-10-7-8-11(13-5-2)9-12(10)14-6-3/h1,7-9H,5-6H2,2-3H3. The van der Waals surface area contributed by atoms with Crippen molar-refractivity contribution in [3.05, 3.63) is 23.8 Å². The molecular weight excluding hydrogens is 176 g/mol. The van der Waals surface area contributed by atoms with Gasteiger partial charge in [0.25, 0.3) is 0 Å². The molecule has 2 nitrogen and oxygen atoms in total. The summed E-state index contributed by atoms with van der Waals surface area (Å²) >= 11 is 0. The summed E-state index contributed by atoms with van der Waals surface area (Å²) in [6, 6.07) is 5.50. The molecule has 0 amide bonds. The van der Waals surface area contributed by atoms with Crippen LogP contribution >= 0.6 is 0 Å². The molecule has 1 rings (SSSR count). The maximum absolute atomic E-state index is 5.39. The van der Waals surface area contributed by atoms with Crippen molar-refractivity contribution in [1.29, 1.82) is 0 Å². The minimum atomic E-state index is 0.601. The van der Waals surface area contributed by atoms with Gasteiger partial charge in [-0.15, -0.1) is 6.42 Å². The second kappa shape index (κ2) is 5.18. The summed E-state index contributed by atoms with van der Waals surface area (Å²) in [6.45, 7) is 5.11. The molecule has 0 bridgehead atoms. The maximum Gasteiger partial charge on any atom is 0.138 e. The first-order valence-corrected chi connectivity index (χ1v) is 4.68. The van der Waals surface area contributed by atoms with Gasteiger partial charge in [-0.3, -0.25) is 0 Å². The molecule has 14 heavy (non-hydrogen) atoms. The van der Waals surface area contributed by atoms with Crippen LogP contribution in [0.15, 0.2) is 18.2 Å². The predicted octanol–water partition coefficient (Wildman–Crippen LogP) is 2.47. The smallest absolute Gasteiger partial charge is 0.138 e. The van der Waals surface area contributed by atoms with Gasteiger partial charge in [-0.1, -0.05) is 5.92 Å². The molecule has 74 valence electrons. The molecule has 0 fully saturated rings. The largest absolute Gasteiger partial charge is 0.494 e. The van der Waals surface area contributed by atoms with Crippen molar-refractivity contribution < 1.29 is 9.47 Å². The van der Waals surface area contributed by atoms with Crippen LogP contribution in [-0.4, -0.2) is 13.2 Å². The Labute approximate surface area is 84.8 Å². The number of benzene rings is 1. The second-order valence-electron chi connectivity index (χ2n) is 2.67. The average Bonchev–Trinajstić information content (AvgIpc) is 2.19. The van der Waals surface area contributed by atoms with Crippen LogP contribution in [-0.2, 0) is 0 Å². The molecule has 0 saturated heterocycles. The number of rotatable bonds is 4. The van der Waals surface area contributed by atoms with E-state index in [0.29, 0.717) is 19.0 Å². The van der Waals surface area contributed by atoms with E-state index < -0.39 is 0 Å². The summed E-state index contributed by atoms with van der Waals surface area (Å²) < 4.78 is 10.7. The van der Waals surface area contributed by atoms with Gasteiger partial charge >= 0.3 is 0 Å². The normalized spacial score (nSPS) is 9.21. The van der Waals surface area contributed by atoms with Crippen LogP contribution in [0.5, 0.6) is 11.5 Å². The highest BCUT2D eigenvalue weighted by Crippen LogP contribution is 2.24. The molecule has 1 aromatic rings. The molecule has 0 spiro atoms. The van der Waals surface area contributed by atoms with Crippen LogP contribution in [0.2, 0.25) is 0 Å². The predicted molar refractivity (Wildman–Crippen MR) is 56.7 cm³/mol. The van der Waals surface area contributed by atoms with Crippen molar-refractivity contribution in [3.8, 4) is 23.8 Å². The van der Waals surface area contributed by atoms with Gasteiger partial charge in [0.1, 0.15) is 11.5 Å².